The third-order valence-corrected chi connectivity index (χ3v) is 13.6. The summed E-state index contributed by atoms with van der Waals surface area (Å²) in [6.07, 6.45) is 0. The summed E-state index contributed by atoms with van der Waals surface area (Å²) in [6, 6.07) is 39.3. The number of rotatable bonds is 16. The standard InChI is InChI=1S/C47H55N5O5S2/c1-36-33-43(21-22-45(36)48-47(2,3)35-58-42-10-5-4-6-11-42)59(54,55)49-46(53)38-13-17-40(18-14-38)52-25-23-51(24-26-52)34-39-9-7-8-12-44(39)37-15-19-41(20-16-37)57-32-29-50-27-30-56-31-28-50/h4-22,33,48H,23-32,34-35H2,1-3H3,(H,49,53). The predicted octanol–water partition coefficient (Wildman–Crippen LogP) is 7.80. The Balaban J connectivity index is 0.882. The quantitative estimate of drug-likeness (QED) is 0.0959. The van der Waals surface area contributed by atoms with Gasteiger partial charge >= 0.3 is 0 Å². The first-order valence-electron chi connectivity index (χ1n) is 20.3. The van der Waals surface area contributed by atoms with Crippen LogP contribution >= 0.6 is 11.8 Å². The van der Waals surface area contributed by atoms with Crippen LogP contribution in [0.15, 0.2) is 131 Å². The molecule has 2 aliphatic heterocycles. The number of benzene rings is 5. The Morgan fingerprint density at radius 2 is 1.49 bits per heavy atom. The Labute approximate surface area is 354 Å². The lowest BCUT2D eigenvalue weighted by Gasteiger charge is -2.36. The third-order valence-electron chi connectivity index (χ3n) is 10.8. The summed E-state index contributed by atoms with van der Waals surface area (Å²) in [5.74, 6) is 1.04. The van der Waals surface area contributed by atoms with E-state index in [0.717, 1.165) is 94.0 Å². The van der Waals surface area contributed by atoms with E-state index < -0.39 is 15.9 Å². The molecule has 2 aliphatic rings. The van der Waals surface area contributed by atoms with Gasteiger partial charge < -0.3 is 19.7 Å². The van der Waals surface area contributed by atoms with Gasteiger partial charge in [0.25, 0.3) is 15.9 Å². The molecule has 2 heterocycles. The Morgan fingerprint density at radius 3 is 2.20 bits per heavy atom. The summed E-state index contributed by atoms with van der Waals surface area (Å²) in [7, 11) is -4.09. The third kappa shape index (κ3) is 11.7. The lowest BCUT2D eigenvalue weighted by Crippen LogP contribution is -2.46. The largest absolute Gasteiger partial charge is 0.492 e. The first-order valence-corrected chi connectivity index (χ1v) is 22.8. The highest BCUT2D eigenvalue weighted by Gasteiger charge is 2.24. The molecule has 12 heteroatoms. The second kappa shape index (κ2) is 19.5. The van der Waals surface area contributed by atoms with Crippen LogP contribution in [0.2, 0.25) is 0 Å². The molecule has 7 rings (SSSR count). The molecule has 0 bridgehead atoms. The number of ether oxygens (including phenoxy) is 2. The number of carbonyl (C=O) groups excluding carboxylic acids is 1. The monoisotopic (exact) mass is 833 g/mol. The van der Waals surface area contributed by atoms with Gasteiger partial charge in [-0.25, -0.2) is 13.1 Å². The van der Waals surface area contributed by atoms with E-state index in [9.17, 15) is 13.2 Å². The van der Waals surface area contributed by atoms with E-state index in [-0.39, 0.29) is 16.0 Å². The van der Waals surface area contributed by atoms with Gasteiger partial charge in [0.05, 0.1) is 18.1 Å². The van der Waals surface area contributed by atoms with Crippen molar-refractivity contribution in [2.24, 2.45) is 0 Å². The molecule has 2 N–H and O–H groups in total. The Morgan fingerprint density at radius 1 is 0.797 bits per heavy atom. The fourth-order valence-corrected chi connectivity index (χ4v) is 9.39. The van der Waals surface area contributed by atoms with Crippen LogP contribution in [0.5, 0.6) is 5.75 Å². The average Bonchev–Trinajstić information content (AvgIpc) is 3.25. The Hall–Kier alpha value is -4.85. The second-order valence-corrected chi connectivity index (χ2v) is 18.5. The molecule has 0 radical (unpaired) electrons. The van der Waals surface area contributed by atoms with Crippen LogP contribution in [0.1, 0.15) is 35.3 Å². The van der Waals surface area contributed by atoms with Gasteiger partial charge in [0.15, 0.2) is 0 Å². The van der Waals surface area contributed by atoms with Crippen LogP contribution in [-0.4, -0.2) is 101 Å². The van der Waals surface area contributed by atoms with E-state index in [1.54, 1.807) is 36.0 Å². The van der Waals surface area contributed by atoms with Crippen LogP contribution in [0.3, 0.4) is 0 Å². The Bertz CT molecular complexity index is 2260. The fourth-order valence-electron chi connectivity index (χ4n) is 7.38. The molecule has 0 unspecified atom stereocenters. The zero-order valence-corrected chi connectivity index (χ0v) is 35.9. The van der Waals surface area contributed by atoms with Gasteiger partial charge in [0.2, 0.25) is 0 Å². The minimum atomic E-state index is -4.09. The number of hydrogen-bond donors (Lipinski definition) is 2. The van der Waals surface area contributed by atoms with Crippen molar-refractivity contribution < 1.29 is 22.7 Å². The first kappa shape index (κ1) is 42.3. The smallest absolute Gasteiger partial charge is 0.264 e. The van der Waals surface area contributed by atoms with Gasteiger partial charge in [-0.05, 0) is 110 Å². The zero-order chi connectivity index (χ0) is 41.2. The molecule has 5 aromatic rings. The van der Waals surface area contributed by atoms with E-state index in [1.807, 2.05) is 37.3 Å². The predicted molar refractivity (Wildman–Crippen MR) is 239 cm³/mol. The number of morpholine rings is 1. The number of sulfonamides is 1. The zero-order valence-electron chi connectivity index (χ0n) is 34.2. The topological polar surface area (TPSA) is 103 Å². The van der Waals surface area contributed by atoms with Crippen LogP contribution < -0.4 is 19.7 Å². The Kier molecular flexibility index (Phi) is 14.0. The molecule has 2 saturated heterocycles. The normalized spacial score (nSPS) is 15.5. The van der Waals surface area contributed by atoms with Gasteiger partial charge in [-0.3, -0.25) is 14.6 Å². The van der Waals surface area contributed by atoms with E-state index in [2.05, 4.69) is 99.2 Å². The lowest BCUT2D eigenvalue weighted by molar-refractivity contribution is 0.0322. The van der Waals surface area contributed by atoms with E-state index in [4.69, 9.17) is 9.47 Å². The van der Waals surface area contributed by atoms with E-state index in [0.29, 0.717) is 6.61 Å². The molecule has 0 aliphatic carbocycles. The fraction of sp³-hybridized carbons (Fsp3) is 0.340. The summed E-state index contributed by atoms with van der Waals surface area (Å²) in [4.78, 5) is 21.6. The van der Waals surface area contributed by atoms with Crippen molar-refractivity contribution in [3.63, 3.8) is 0 Å². The summed E-state index contributed by atoms with van der Waals surface area (Å²) < 4.78 is 40.4. The summed E-state index contributed by atoms with van der Waals surface area (Å²) >= 11 is 1.76. The maximum absolute atomic E-state index is 13.3. The minimum absolute atomic E-state index is 0.0423. The van der Waals surface area contributed by atoms with Crippen LogP contribution in [0, 0.1) is 6.92 Å². The summed E-state index contributed by atoms with van der Waals surface area (Å²) in [5, 5.41) is 3.55. The van der Waals surface area contributed by atoms with Crippen LogP contribution in [-0.2, 0) is 21.3 Å². The molecule has 1 amide bonds. The number of nitrogens with one attached hydrogen (secondary N) is 2. The maximum atomic E-state index is 13.3. The van der Waals surface area contributed by atoms with Crippen molar-refractivity contribution >= 4 is 39.1 Å². The van der Waals surface area contributed by atoms with Crippen molar-refractivity contribution in [3.8, 4) is 16.9 Å². The summed E-state index contributed by atoms with van der Waals surface area (Å²) in [6.45, 7) is 15.5. The molecule has 0 aromatic heterocycles. The molecule has 2 fully saturated rings. The van der Waals surface area contributed by atoms with E-state index in [1.165, 1.54) is 27.7 Å². The lowest BCUT2D eigenvalue weighted by atomic mass is 9.99. The SMILES string of the molecule is Cc1cc(S(=O)(=O)NC(=O)c2ccc(N3CCN(Cc4ccccc4-c4ccc(OCCN5CCOCC5)cc4)CC3)cc2)ccc1NC(C)(C)CSc1ccccc1. The average molecular weight is 834 g/mol. The molecule has 0 atom stereocenters. The number of anilines is 2. The van der Waals surface area contributed by atoms with Crippen molar-refractivity contribution in [2.45, 2.75) is 42.6 Å². The van der Waals surface area contributed by atoms with Crippen molar-refractivity contribution in [1.29, 1.82) is 0 Å². The van der Waals surface area contributed by atoms with Crippen molar-refractivity contribution in [2.75, 3.05) is 81.6 Å². The molecular weight excluding hydrogens is 779 g/mol. The number of piperazine rings is 1. The molecular formula is C47H55N5O5S2. The number of hydrogen-bond acceptors (Lipinski definition) is 10. The van der Waals surface area contributed by atoms with Gasteiger partial charge in [-0.1, -0.05) is 54.6 Å². The molecule has 5 aromatic carbocycles. The summed E-state index contributed by atoms with van der Waals surface area (Å²) in [5.41, 5.74) is 6.34. The highest BCUT2D eigenvalue weighted by molar-refractivity contribution is 7.99. The number of carbonyl (C=O) groups is 1. The van der Waals surface area contributed by atoms with Gasteiger partial charge in [-0.2, -0.15) is 0 Å². The van der Waals surface area contributed by atoms with Gasteiger partial charge in [0, 0.05) is 85.5 Å². The first-order chi connectivity index (χ1) is 28.5. The number of thioether (sulfide) groups is 1. The van der Waals surface area contributed by atoms with E-state index >= 15 is 0 Å². The molecule has 0 spiro atoms. The highest BCUT2D eigenvalue weighted by Crippen LogP contribution is 2.30. The van der Waals surface area contributed by atoms with Gasteiger partial charge in [0.1, 0.15) is 12.4 Å². The maximum Gasteiger partial charge on any atom is 0.264 e. The van der Waals surface area contributed by atoms with Crippen molar-refractivity contribution in [3.05, 3.63) is 138 Å². The molecule has 10 nitrogen and oxygen atoms in total. The van der Waals surface area contributed by atoms with Crippen LogP contribution in [0.25, 0.3) is 11.1 Å². The van der Waals surface area contributed by atoms with Crippen LogP contribution in [0.4, 0.5) is 11.4 Å². The highest BCUT2D eigenvalue weighted by atomic mass is 32.2. The van der Waals surface area contributed by atoms with Crippen molar-refractivity contribution in [1.82, 2.24) is 14.5 Å². The number of nitrogens with zero attached hydrogens (tertiary/aromatic N) is 3. The molecule has 0 saturated carbocycles. The minimum Gasteiger partial charge on any atom is -0.492 e. The molecule has 59 heavy (non-hydrogen) atoms. The number of amides is 1. The molecule has 310 valence electrons. The van der Waals surface area contributed by atoms with Gasteiger partial charge in [-0.15, -0.1) is 11.8 Å². The number of aryl methyl sites for hydroxylation is 1. The second-order valence-electron chi connectivity index (χ2n) is 15.8.